The van der Waals surface area contributed by atoms with Crippen LogP contribution in [-0.2, 0) is 6.42 Å². The number of para-hydroxylation sites is 2. The van der Waals surface area contributed by atoms with E-state index in [0.717, 1.165) is 34.5 Å². The van der Waals surface area contributed by atoms with Crippen LogP contribution < -0.4 is 0 Å². The minimum Gasteiger partial charge on any atom is -0.313 e. The summed E-state index contributed by atoms with van der Waals surface area (Å²) < 4.78 is 9.11. The number of pyridine rings is 1. The van der Waals surface area contributed by atoms with Crippen molar-refractivity contribution in [3.63, 3.8) is 0 Å². The van der Waals surface area contributed by atoms with E-state index >= 15 is 0 Å². The molecular weight excluding hydrogens is 872 g/mol. The van der Waals surface area contributed by atoms with E-state index in [1.165, 1.54) is 90.5 Å². The Morgan fingerprint density at radius 1 is 0.627 bits per heavy atom. The van der Waals surface area contributed by atoms with Crippen molar-refractivity contribution in [1.29, 1.82) is 0 Å². The van der Waals surface area contributed by atoms with Crippen molar-refractivity contribution < 1.29 is 0 Å². The molecule has 0 amide bonds. The van der Waals surface area contributed by atoms with Crippen molar-refractivity contribution in [2.45, 2.75) is 24.2 Å². The Morgan fingerprint density at radius 3 is 1.98 bits per heavy atom. The first-order valence-electron chi connectivity index (χ1n) is 19.9. The average Bonchev–Trinajstić information content (AvgIpc) is 4.00. The van der Waals surface area contributed by atoms with Crippen LogP contribution in [0, 0.1) is 6.92 Å². The van der Waals surface area contributed by atoms with Crippen LogP contribution in [0.3, 0.4) is 0 Å². The van der Waals surface area contributed by atoms with Crippen molar-refractivity contribution in [3.05, 3.63) is 162 Å². The highest BCUT2D eigenvalue weighted by molar-refractivity contribution is 14.1. The van der Waals surface area contributed by atoms with Crippen LogP contribution in [-0.4, -0.2) is 24.3 Å². The molecule has 5 aromatic heterocycles. The van der Waals surface area contributed by atoms with Crippen LogP contribution in [0.15, 0.2) is 151 Å². The summed E-state index contributed by atoms with van der Waals surface area (Å²) in [5.41, 5.74) is 15.1. The second-order valence-electron chi connectivity index (χ2n) is 15.4. The van der Waals surface area contributed by atoms with Gasteiger partial charge in [-0.25, -0.2) is 0 Å². The molecule has 6 aromatic carbocycles. The number of hydrogen-bond donors (Lipinski definition) is 0. The van der Waals surface area contributed by atoms with Gasteiger partial charge in [0.25, 0.3) is 0 Å². The van der Waals surface area contributed by atoms with Crippen molar-refractivity contribution >= 4 is 132 Å². The minimum atomic E-state index is 0.309. The van der Waals surface area contributed by atoms with Crippen LogP contribution in [0.1, 0.15) is 23.1 Å². The molecule has 1 aliphatic rings. The molecule has 282 valence electrons. The third-order valence-electron chi connectivity index (χ3n) is 12.0. The van der Waals surface area contributed by atoms with Gasteiger partial charge in [-0.3, -0.25) is 9.98 Å². The maximum Gasteiger partial charge on any atom is 0.114 e. The molecule has 1 unspecified atom stereocenters. The molecule has 0 saturated carbocycles. The second kappa shape index (κ2) is 13.6. The molecule has 0 N–H and O–H groups in total. The van der Waals surface area contributed by atoms with Crippen LogP contribution >= 0.6 is 45.3 Å². The highest BCUT2D eigenvalue weighted by Crippen LogP contribution is 2.46. The van der Waals surface area contributed by atoms with E-state index in [2.05, 4.69) is 178 Å². The summed E-state index contributed by atoms with van der Waals surface area (Å²) in [5.74, 6) is 0. The number of alkyl halides is 1. The third-order valence-corrected chi connectivity index (χ3v) is 15.5. The first-order valence-corrected chi connectivity index (χ1v) is 22.8. The number of aromatic nitrogens is 3. The van der Waals surface area contributed by atoms with Gasteiger partial charge in [0, 0.05) is 75.4 Å². The highest BCUT2D eigenvalue weighted by atomic mass is 127. The van der Waals surface area contributed by atoms with E-state index in [4.69, 9.17) is 9.98 Å². The molecule has 5 heterocycles. The Bertz CT molecular complexity index is 3540. The number of thiophene rings is 2. The lowest BCUT2D eigenvalue weighted by Gasteiger charge is -2.23. The lowest BCUT2D eigenvalue weighted by Crippen LogP contribution is -2.15. The summed E-state index contributed by atoms with van der Waals surface area (Å²) in [5, 5.41) is 6.45. The smallest absolute Gasteiger partial charge is 0.114 e. The molecule has 1 aliphatic carbocycles. The molecule has 12 rings (SSSR count). The summed E-state index contributed by atoms with van der Waals surface area (Å²) in [7, 11) is 0. The number of halogens is 1. The van der Waals surface area contributed by atoms with Gasteiger partial charge in [-0.15, -0.1) is 22.7 Å². The second-order valence-corrected chi connectivity index (χ2v) is 19.1. The Kier molecular flexibility index (Phi) is 8.09. The van der Waals surface area contributed by atoms with E-state index in [1.807, 2.05) is 48.1 Å². The van der Waals surface area contributed by atoms with Crippen LogP contribution in [0.5, 0.6) is 0 Å². The number of rotatable bonds is 5. The predicted molar refractivity (Wildman–Crippen MR) is 264 cm³/mol. The minimum absolute atomic E-state index is 0.309. The van der Waals surface area contributed by atoms with Gasteiger partial charge < -0.3 is 9.13 Å². The molecule has 59 heavy (non-hydrogen) atoms. The van der Waals surface area contributed by atoms with Crippen molar-refractivity contribution in [3.8, 4) is 27.9 Å². The van der Waals surface area contributed by atoms with E-state index in [9.17, 15) is 0 Å². The zero-order chi connectivity index (χ0) is 39.4. The van der Waals surface area contributed by atoms with E-state index in [-0.39, 0.29) is 0 Å². The van der Waals surface area contributed by atoms with Gasteiger partial charge in [0.2, 0.25) is 0 Å². The summed E-state index contributed by atoms with van der Waals surface area (Å²) in [6, 6.07) is 51.9. The fraction of sp³-hybridized carbons (Fsp3) is 0.0769. The lowest BCUT2D eigenvalue weighted by atomic mass is 9.94. The van der Waals surface area contributed by atoms with Crippen molar-refractivity contribution in [2.24, 2.45) is 4.99 Å². The molecule has 7 heteroatoms. The molecular formula is C52H35IN4S2. The number of hydrogen-bond acceptors (Lipinski definition) is 4. The molecule has 11 aromatic rings. The first kappa shape index (κ1) is 35.1. The fourth-order valence-corrected chi connectivity index (χ4v) is 12.9. The first-order chi connectivity index (χ1) is 29.0. The number of fused-ring (bicyclic) bond motifs is 10. The van der Waals surface area contributed by atoms with Gasteiger partial charge in [0.05, 0.1) is 20.5 Å². The zero-order valence-electron chi connectivity index (χ0n) is 32.3. The highest BCUT2D eigenvalue weighted by Gasteiger charge is 2.28. The van der Waals surface area contributed by atoms with Gasteiger partial charge >= 0.3 is 0 Å². The Morgan fingerprint density at radius 2 is 1.25 bits per heavy atom. The van der Waals surface area contributed by atoms with Gasteiger partial charge in [-0.2, -0.15) is 0 Å². The molecule has 0 radical (unpaired) electrons. The zero-order valence-corrected chi connectivity index (χ0v) is 36.1. The van der Waals surface area contributed by atoms with Crippen molar-refractivity contribution in [1.82, 2.24) is 14.1 Å². The van der Waals surface area contributed by atoms with Gasteiger partial charge in [0.15, 0.2) is 0 Å². The normalized spacial score (nSPS) is 14.5. The quantitative estimate of drug-likeness (QED) is 0.0963. The Hall–Kier alpha value is -5.87. The summed E-state index contributed by atoms with van der Waals surface area (Å²) >= 11 is 6.44. The largest absolute Gasteiger partial charge is 0.313 e. The molecule has 0 saturated heterocycles. The maximum absolute atomic E-state index is 4.78. The summed E-state index contributed by atoms with van der Waals surface area (Å²) in [6.07, 6.45) is 7.16. The van der Waals surface area contributed by atoms with E-state index in [1.54, 1.807) is 0 Å². The SMILES string of the molecule is CC=Nc1c(C)n(C2=Cc3c(sc4ccc(-c5cc(-c6ccc7sc8ccccc8c7c6)cc(-n6c7ccccc7c7ccccc76)c5)cc34)CC2I)c2cccnc12. The molecule has 0 spiro atoms. The van der Waals surface area contributed by atoms with Crippen molar-refractivity contribution in [2.75, 3.05) is 0 Å². The van der Waals surface area contributed by atoms with E-state index in [0.29, 0.717) is 3.92 Å². The molecule has 1 atom stereocenters. The standard InChI is InChI=1S/C52H35IN4S2/c1-3-54-51-30(2)56(45-16-10-22-55-52(45)51)46-28-41-40-27-32(19-21-49(40)59-50(41)29-42(46)53)34-23-33(31-18-20-48-39(26-31)38-13-6-9-17-47(38)58-48)24-35(25-34)57-43-14-7-4-11-36(43)37-12-5-8-15-44(37)57/h3-28,42H,29H2,1-2H3. The van der Waals surface area contributed by atoms with Gasteiger partial charge in [-0.1, -0.05) is 89.3 Å². The monoisotopic (exact) mass is 906 g/mol. The number of nitrogens with zero attached hydrogens (tertiary/aromatic N) is 4. The molecule has 0 fully saturated rings. The fourth-order valence-electron chi connectivity index (χ4n) is 9.38. The average molecular weight is 907 g/mol. The van der Waals surface area contributed by atoms with Gasteiger partial charge in [-0.05, 0) is 127 Å². The van der Waals surface area contributed by atoms with Crippen LogP contribution in [0.2, 0.25) is 0 Å². The summed E-state index contributed by atoms with van der Waals surface area (Å²) in [6.45, 7) is 4.15. The predicted octanol–water partition coefficient (Wildman–Crippen LogP) is 15.4. The Balaban J connectivity index is 1.07. The number of allylic oxidation sites excluding steroid dienone is 1. The lowest BCUT2D eigenvalue weighted by molar-refractivity contribution is 0.968. The van der Waals surface area contributed by atoms with E-state index < -0.39 is 0 Å². The maximum atomic E-state index is 4.78. The van der Waals surface area contributed by atoms with Crippen LogP contribution in [0.25, 0.3) is 103 Å². The third kappa shape index (κ3) is 5.44. The molecule has 4 nitrogen and oxygen atoms in total. The van der Waals surface area contributed by atoms with Crippen LogP contribution in [0.4, 0.5) is 5.69 Å². The number of benzene rings is 6. The number of aliphatic imine (C=N–C) groups is 1. The summed E-state index contributed by atoms with van der Waals surface area (Å²) in [4.78, 5) is 11.0. The molecule has 0 bridgehead atoms. The molecule has 0 aliphatic heterocycles. The topological polar surface area (TPSA) is 35.1 Å². The Labute approximate surface area is 362 Å². The van der Waals surface area contributed by atoms with Gasteiger partial charge in [0.1, 0.15) is 11.2 Å².